The summed E-state index contributed by atoms with van der Waals surface area (Å²) in [6.07, 6.45) is 1.48. The lowest BCUT2D eigenvalue weighted by atomic mass is 9.77. The molecular formula is C15H18O3. The normalized spacial score (nSPS) is 25.0. The van der Waals surface area contributed by atoms with E-state index in [0.717, 1.165) is 12.0 Å². The topological polar surface area (TPSA) is 43.4 Å². The van der Waals surface area contributed by atoms with Crippen LogP contribution in [0.25, 0.3) is 0 Å². The number of ether oxygens (including phenoxy) is 1. The van der Waals surface area contributed by atoms with Crippen LogP contribution in [0.15, 0.2) is 30.3 Å². The first-order valence-corrected chi connectivity index (χ1v) is 6.49. The third-order valence-electron chi connectivity index (χ3n) is 3.75. The minimum Gasteiger partial charge on any atom is -0.393 e. The zero-order valence-corrected chi connectivity index (χ0v) is 10.8. The monoisotopic (exact) mass is 246 g/mol. The molecule has 0 aliphatic carbocycles. The van der Waals surface area contributed by atoms with E-state index < -0.39 is 0 Å². The van der Waals surface area contributed by atoms with Gasteiger partial charge in [0, 0.05) is 0 Å². The molecule has 1 heterocycles. The lowest BCUT2D eigenvalue weighted by molar-refractivity contribution is -0.154. The van der Waals surface area contributed by atoms with Gasteiger partial charge in [-0.2, -0.15) is 0 Å². The van der Waals surface area contributed by atoms with E-state index in [2.05, 4.69) is 0 Å². The summed E-state index contributed by atoms with van der Waals surface area (Å²) in [7, 11) is 0. The number of benzene rings is 1. The van der Waals surface area contributed by atoms with E-state index >= 15 is 0 Å². The lowest BCUT2D eigenvalue weighted by Crippen LogP contribution is -2.24. The van der Waals surface area contributed by atoms with Gasteiger partial charge in [-0.3, -0.25) is 9.59 Å². The largest absolute Gasteiger partial charge is 0.393 e. The van der Waals surface area contributed by atoms with Crippen molar-refractivity contribution >= 4 is 11.9 Å². The molecule has 0 saturated carbocycles. The Hall–Kier alpha value is -1.64. The molecule has 0 amide bonds. The molecule has 3 unspecified atom stereocenters. The highest BCUT2D eigenvalue weighted by atomic mass is 16.6. The smallest absolute Gasteiger partial charge is 0.318 e. The van der Waals surface area contributed by atoms with Crippen LogP contribution in [0.2, 0.25) is 0 Å². The van der Waals surface area contributed by atoms with Crippen molar-refractivity contribution in [1.29, 1.82) is 0 Å². The number of carbonyl (C=O) groups excluding carboxylic acids is 2. The zero-order valence-electron chi connectivity index (χ0n) is 10.8. The molecule has 3 nitrogen and oxygen atoms in total. The van der Waals surface area contributed by atoms with E-state index in [0.29, 0.717) is 6.42 Å². The van der Waals surface area contributed by atoms with Crippen LogP contribution >= 0.6 is 0 Å². The predicted octanol–water partition coefficient (Wildman–Crippen LogP) is 2.91. The lowest BCUT2D eigenvalue weighted by Gasteiger charge is -2.22. The van der Waals surface area contributed by atoms with Gasteiger partial charge in [0.2, 0.25) is 0 Å². The Kier molecular flexibility index (Phi) is 3.80. The Morgan fingerprint density at radius 1 is 1.11 bits per heavy atom. The van der Waals surface area contributed by atoms with Crippen molar-refractivity contribution in [3.05, 3.63) is 35.9 Å². The number of rotatable bonds is 4. The van der Waals surface area contributed by atoms with E-state index in [-0.39, 0.29) is 29.7 Å². The summed E-state index contributed by atoms with van der Waals surface area (Å²) in [5.41, 5.74) is 1.11. The molecular weight excluding hydrogens is 228 g/mol. The van der Waals surface area contributed by atoms with Crippen LogP contribution in [-0.2, 0) is 14.3 Å². The standard InChI is InChI=1S/C15H18O3/c1-3-11(10-8-6-5-7-9-10)13-12(4-2)14(16)18-15(13)17/h5-9,11-13H,3-4H2,1-2H3. The number of esters is 2. The van der Waals surface area contributed by atoms with E-state index in [1.54, 1.807) is 0 Å². The van der Waals surface area contributed by atoms with Crippen molar-refractivity contribution in [3.8, 4) is 0 Å². The van der Waals surface area contributed by atoms with Gasteiger partial charge in [-0.15, -0.1) is 0 Å². The molecule has 1 saturated heterocycles. The van der Waals surface area contributed by atoms with Crippen molar-refractivity contribution in [3.63, 3.8) is 0 Å². The third kappa shape index (κ3) is 2.17. The van der Waals surface area contributed by atoms with E-state index in [1.165, 1.54) is 0 Å². The summed E-state index contributed by atoms with van der Waals surface area (Å²) >= 11 is 0. The Morgan fingerprint density at radius 3 is 2.33 bits per heavy atom. The van der Waals surface area contributed by atoms with Crippen molar-refractivity contribution < 1.29 is 14.3 Å². The number of hydrogen-bond donors (Lipinski definition) is 0. The maximum Gasteiger partial charge on any atom is 0.318 e. The molecule has 1 aromatic carbocycles. The fourth-order valence-corrected chi connectivity index (χ4v) is 2.82. The highest BCUT2D eigenvalue weighted by molar-refractivity contribution is 5.97. The van der Waals surface area contributed by atoms with Gasteiger partial charge in [-0.05, 0) is 24.3 Å². The van der Waals surface area contributed by atoms with Crippen LogP contribution < -0.4 is 0 Å². The fourth-order valence-electron chi connectivity index (χ4n) is 2.82. The number of cyclic esters (lactones) is 2. The van der Waals surface area contributed by atoms with Gasteiger partial charge in [0.25, 0.3) is 0 Å². The van der Waals surface area contributed by atoms with Crippen LogP contribution in [-0.4, -0.2) is 11.9 Å². The molecule has 1 aliphatic heterocycles. The highest BCUT2D eigenvalue weighted by Gasteiger charge is 2.47. The Morgan fingerprint density at radius 2 is 1.78 bits per heavy atom. The van der Waals surface area contributed by atoms with Crippen molar-refractivity contribution in [1.82, 2.24) is 0 Å². The molecule has 0 bridgehead atoms. The first-order valence-electron chi connectivity index (χ1n) is 6.49. The predicted molar refractivity (Wildman–Crippen MR) is 67.8 cm³/mol. The average molecular weight is 246 g/mol. The average Bonchev–Trinajstić information content (AvgIpc) is 2.66. The van der Waals surface area contributed by atoms with Crippen LogP contribution in [0.1, 0.15) is 38.2 Å². The first-order chi connectivity index (χ1) is 8.69. The van der Waals surface area contributed by atoms with Crippen LogP contribution in [0.3, 0.4) is 0 Å². The molecule has 0 N–H and O–H groups in total. The molecule has 1 aliphatic rings. The molecule has 96 valence electrons. The molecule has 3 heteroatoms. The second-order valence-electron chi connectivity index (χ2n) is 4.71. The summed E-state index contributed by atoms with van der Waals surface area (Å²) in [6.45, 7) is 3.97. The van der Waals surface area contributed by atoms with Crippen LogP contribution in [0.4, 0.5) is 0 Å². The minimum absolute atomic E-state index is 0.0649. The highest BCUT2D eigenvalue weighted by Crippen LogP contribution is 2.39. The second kappa shape index (κ2) is 5.34. The maximum absolute atomic E-state index is 11.9. The van der Waals surface area contributed by atoms with Gasteiger partial charge in [0.05, 0.1) is 11.8 Å². The molecule has 0 spiro atoms. The van der Waals surface area contributed by atoms with E-state index in [1.807, 2.05) is 44.2 Å². The molecule has 18 heavy (non-hydrogen) atoms. The minimum atomic E-state index is -0.359. The van der Waals surface area contributed by atoms with Gasteiger partial charge in [0.15, 0.2) is 0 Å². The van der Waals surface area contributed by atoms with Gasteiger partial charge in [-0.25, -0.2) is 0 Å². The van der Waals surface area contributed by atoms with E-state index in [4.69, 9.17) is 4.74 Å². The van der Waals surface area contributed by atoms with Crippen LogP contribution in [0.5, 0.6) is 0 Å². The maximum atomic E-state index is 11.9. The number of hydrogen-bond acceptors (Lipinski definition) is 3. The van der Waals surface area contributed by atoms with Crippen molar-refractivity contribution in [2.45, 2.75) is 32.6 Å². The van der Waals surface area contributed by atoms with Crippen molar-refractivity contribution in [2.75, 3.05) is 0 Å². The van der Waals surface area contributed by atoms with Gasteiger partial charge in [0.1, 0.15) is 0 Å². The zero-order chi connectivity index (χ0) is 13.1. The molecule has 0 aromatic heterocycles. The Bertz CT molecular complexity index is 438. The summed E-state index contributed by atoms with van der Waals surface area (Å²) in [6, 6.07) is 9.89. The van der Waals surface area contributed by atoms with Gasteiger partial charge >= 0.3 is 11.9 Å². The molecule has 1 aromatic rings. The molecule has 3 atom stereocenters. The van der Waals surface area contributed by atoms with E-state index in [9.17, 15) is 9.59 Å². The first kappa shape index (κ1) is 12.8. The summed E-state index contributed by atoms with van der Waals surface area (Å²) < 4.78 is 4.80. The molecule has 0 radical (unpaired) electrons. The van der Waals surface area contributed by atoms with Gasteiger partial charge in [-0.1, -0.05) is 44.2 Å². The third-order valence-corrected chi connectivity index (χ3v) is 3.75. The fraction of sp³-hybridized carbons (Fsp3) is 0.467. The summed E-state index contributed by atoms with van der Waals surface area (Å²) in [4.78, 5) is 23.5. The quantitative estimate of drug-likeness (QED) is 0.606. The Labute approximate surface area is 107 Å². The van der Waals surface area contributed by atoms with Crippen LogP contribution in [0, 0.1) is 11.8 Å². The van der Waals surface area contributed by atoms with Crippen molar-refractivity contribution in [2.24, 2.45) is 11.8 Å². The Balaban J connectivity index is 2.32. The summed E-state index contributed by atoms with van der Waals surface area (Å²) in [5, 5.41) is 0. The second-order valence-corrected chi connectivity index (χ2v) is 4.71. The molecule has 2 rings (SSSR count). The molecule has 1 fully saturated rings. The number of carbonyl (C=O) groups is 2. The van der Waals surface area contributed by atoms with Gasteiger partial charge < -0.3 is 4.74 Å². The summed E-state index contributed by atoms with van der Waals surface area (Å²) in [5.74, 6) is -1.27. The SMILES string of the molecule is CCC1C(=O)OC(=O)C1C(CC)c1ccccc1.